The van der Waals surface area contributed by atoms with Gasteiger partial charge in [-0.25, -0.2) is 4.39 Å². The van der Waals surface area contributed by atoms with E-state index in [2.05, 4.69) is 58.0 Å². The van der Waals surface area contributed by atoms with Crippen molar-refractivity contribution in [2.75, 3.05) is 0 Å². The van der Waals surface area contributed by atoms with E-state index in [0.29, 0.717) is 16.6 Å². The van der Waals surface area contributed by atoms with Crippen molar-refractivity contribution < 1.29 is 4.39 Å². The van der Waals surface area contributed by atoms with Gasteiger partial charge in [-0.05, 0) is 44.1 Å². The van der Waals surface area contributed by atoms with Crippen LogP contribution in [0.25, 0.3) is 10.9 Å². The second-order valence-corrected chi connectivity index (χ2v) is 12.5. The second-order valence-electron chi connectivity index (χ2n) is 6.74. The van der Waals surface area contributed by atoms with Crippen LogP contribution in [0, 0.1) is 5.82 Å². The minimum absolute atomic E-state index is 0.152. The number of benzene rings is 1. The van der Waals surface area contributed by atoms with Gasteiger partial charge in [0.25, 0.3) is 0 Å². The maximum atomic E-state index is 13.4. The minimum atomic E-state index is -1.74. The SMILES string of the molecule is CC(C)[Si-](C(C)C)(C(C)C)n1ccc2cc(F)ccc21. The van der Waals surface area contributed by atoms with Gasteiger partial charge in [0, 0.05) is 5.52 Å². The molecule has 0 aliphatic carbocycles. The molecule has 0 saturated carbocycles. The summed E-state index contributed by atoms with van der Waals surface area (Å²) in [5, 5.41) is 1.02. The van der Waals surface area contributed by atoms with Crippen molar-refractivity contribution in [1.29, 1.82) is 0 Å². The molecule has 0 unspecified atom stereocenters. The lowest BCUT2D eigenvalue weighted by Crippen LogP contribution is -2.51. The van der Waals surface area contributed by atoms with Crippen LogP contribution in [-0.2, 0) is 0 Å². The van der Waals surface area contributed by atoms with Crippen LogP contribution in [0.3, 0.4) is 0 Å². The first kappa shape index (κ1) is 15.3. The highest BCUT2D eigenvalue weighted by molar-refractivity contribution is 6.82. The van der Waals surface area contributed by atoms with Gasteiger partial charge < -0.3 is 4.23 Å². The molecule has 0 radical (unpaired) electrons. The van der Waals surface area contributed by atoms with Gasteiger partial charge in [-0.3, -0.25) is 0 Å². The van der Waals surface area contributed by atoms with Crippen LogP contribution in [-0.4, -0.2) is 12.5 Å². The van der Waals surface area contributed by atoms with Crippen molar-refractivity contribution in [3.8, 4) is 0 Å². The Labute approximate surface area is 122 Å². The molecule has 1 nitrogen and oxygen atoms in total. The van der Waals surface area contributed by atoms with Crippen molar-refractivity contribution >= 4 is 19.1 Å². The summed E-state index contributed by atoms with van der Waals surface area (Å²) in [7, 11) is -1.74. The molecule has 3 heteroatoms. The largest absolute Gasteiger partial charge is 0.499 e. The number of nitrogens with zero attached hydrogens (tertiary/aromatic N) is 1. The normalized spacial score (nSPS) is 13.1. The Morgan fingerprint density at radius 2 is 1.45 bits per heavy atom. The smallest absolute Gasteiger partial charge is 0.123 e. The van der Waals surface area contributed by atoms with Crippen molar-refractivity contribution in [1.82, 2.24) is 4.23 Å². The molecule has 0 fully saturated rings. The lowest BCUT2D eigenvalue weighted by Gasteiger charge is -2.56. The lowest BCUT2D eigenvalue weighted by molar-refractivity contribution is 0.629. The third-order valence-corrected chi connectivity index (χ3v) is 11.6. The van der Waals surface area contributed by atoms with Crippen LogP contribution in [0.4, 0.5) is 4.39 Å². The monoisotopic (exact) mass is 291 g/mol. The van der Waals surface area contributed by atoms with Gasteiger partial charge in [0.2, 0.25) is 0 Å². The van der Waals surface area contributed by atoms with Crippen LogP contribution in [0.2, 0.25) is 16.6 Å². The van der Waals surface area contributed by atoms with E-state index in [1.54, 1.807) is 12.1 Å². The molecule has 20 heavy (non-hydrogen) atoms. The average Bonchev–Trinajstić information content (AvgIpc) is 2.72. The maximum absolute atomic E-state index is 13.4. The van der Waals surface area contributed by atoms with E-state index in [4.69, 9.17) is 0 Å². The molecular formula is C17H26FNSi-. The highest BCUT2D eigenvalue weighted by atomic mass is 28.3. The molecule has 111 valence electrons. The van der Waals surface area contributed by atoms with E-state index in [1.807, 2.05) is 6.07 Å². The number of aromatic nitrogens is 1. The van der Waals surface area contributed by atoms with Crippen LogP contribution in [0.15, 0.2) is 30.5 Å². The van der Waals surface area contributed by atoms with Crippen LogP contribution < -0.4 is 0 Å². The molecule has 1 aromatic carbocycles. The third-order valence-electron chi connectivity index (χ3n) is 4.84. The topological polar surface area (TPSA) is 4.93 Å². The fourth-order valence-electron chi connectivity index (χ4n) is 4.29. The number of hydrogen-bond acceptors (Lipinski definition) is 0. The molecule has 0 saturated heterocycles. The zero-order chi connectivity index (χ0) is 15.1. The van der Waals surface area contributed by atoms with Crippen molar-refractivity contribution in [2.24, 2.45) is 0 Å². The van der Waals surface area contributed by atoms with Gasteiger partial charge in [0.05, 0.1) is 0 Å². The van der Waals surface area contributed by atoms with Gasteiger partial charge in [0.1, 0.15) is 5.82 Å². The minimum Gasteiger partial charge on any atom is -0.499 e. The first-order valence-corrected chi connectivity index (χ1v) is 9.76. The predicted molar refractivity (Wildman–Crippen MR) is 88.3 cm³/mol. The summed E-state index contributed by atoms with van der Waals surface area (Å²) in [5.41, 5.74) is 3.11. The summed E-state index contributed by atoms with van der Waals surface area (Å²) in [6.07, 6.45) is 2.19. The highest BCUT2D eigenvalue weighted by Crippen LogP contribution is 2.44. The van der Waals surface area contributed by atoms with Crippen LogP contribution >= 0.6 is 0 Å². The van der Waals surface area contributed by atoms with E-state index in [0.717, 1.165) is 5.39 Å². The van der Waals surface area contributed by atoms with E-state index < -0.39 is 8.24 Å². The van der Waals surface area contributed by atoms with Crippen molar-refractivity contribution in [3.05, 3.63) is 36.3 Å². The van der Waals surface area contributed by atoms with Gasteiger partial charge in [-0.2, -0.15) is 0 Å². The zero-order valence-electron chi connectivity index (χ0n) is 13.4. The van der Waals surface area contributed by atoms with Crippen LogP contribution in [0.5, 0.6) is 0 Å². The van der Waals surface area contributed by atoms with Crippen molar-refractivity contribution in [3.63, 3.8) is 0 Å². The maximum Gasteiger partial charge on any atom is 0.123 e. The molecule has 0 spiro atoms. The molecule has 1 heterocycles. The molecule has 0 atom stereocenters. The van der Waals surface area contributed by atoms with E-state index in [-0.39, 0.29) is 5.82 Å². The quantitative estimate of drug-likeness (QED) is 0.627. The van der Waals surface area contributed by atoms with Crippen molar-refractivity contribution in [2.45, 2.75) is 58.2 Å². The average molecular weight is 291 g/mol. The Bertz CT molecular complexity index is 576. The summed E-state index contributed by atoms with van der Waals surface area (Å²) >= 11 is 0. The van der Waals surface area contributed by atoms with E-state index >= 15 is 0 Å². The van der Waals surface area contributed by atoms with Gasteiger partial charge in [0.15, 0.2) is 0 Å². The molecular weight excluding hydrogens is 265 g/mol. The third kappa shape index (κ3) is 2.12. The molecule has 2 aromatic rings. The number of rotatable bonds is 4. The zero-order valence-corrected chi connectivity index (χ0v) is 14.4. The summed E-state index contributed by atoms with van der Waals surface area (Å²) in [6, 6.07) is 7.23. The fraction of sp³-hybridized carbons (Fsp3) is 0.529. The molecule has 1 aromatic heterocycles. The molecule has 0 aliphatic rings. The predicted octanol–water partition coefficient (Wildman–Crippen LogP) is 5.80. The molecule has 0 amide bonds. The molecule has 2 rings (SSSR count). The first-order valence-electron chi connectivity index (χ1n) is 7.58. The van der Waals surface area contributed by atoms with Gasteiger partial charge >= 0.3 is 0 Å². The first-order chi connectivity index (χ1) is 9.31. The summed E-state index contributed by atoms with van der Waals surface area (Å²) < 4.78 is 15.9. The summed E-state index contributed by atoms with van der Waals surface area (Å²) in [5.74, 6) is -0.152. The molecule has 0 bridgehead atoms. The number of halogens is 1. The van der Waals surface area contributed by atoms with Crippen LogP contribution in [0.1, 0.15) is 41.5 Å². The van der Waals surface area contributed by atoms with E-state index in [9.17, 15) is 4.39 Å². The number of fused-ring (bicyclic) bond motifs is 1. The lowest BCUT2D eigenvalue weighted by atomic mass is 10.2. The highest BCUT2D eigenvalue weighted by Gasteiger charge is 2.33. The Kier molecular flexibility index (Phi) is 4.10. The summed E-state index contributed by atoms with van der Waals surface area (Å²) in [6.45, 7) is 14.1. The standard InChI is InChI=1S/C17H26FNSi/c1-12(2)20(13(3)4,14(5)6)19-10-9-15-11-16(18)7-8-17(15)19/h7-14H,1-6H3/q-1. The molecule has 0 aliphatic heterocycles. The Morgan fingerprint density at radius 3 is 1.95 bits per heavy atom. The van der Waals surface area contributed by atoms with Gasteiger partial charge in [-0.15, -0.1) is 16.6 Å². The fourth-order valence-corrected chi connectivity index (χ4v) is 10.9. The Morgan fingerprint density at radius 1 is 0.900 bits per heavy atom. The van der Waals surface area contributed by atoms with E-state index in [1.165, 1.54) is 5.52 Å². The number of hydrogen-bond donors (Lipinski definition) is 0. The second kappa shape index (κ2) is 5.36. The molecule has 0 N–H and O–H groups in total. The Hall–Kier alpha value is -1.09. The summed E-state index contributed by atoms with van der Waals surface area (Å²) in [4.78, 5) is 0. The van der Waals surface area contributed by atoms with Gasteiger partial charge in [-0.1, -0.05) is 41.5 Å². The Balaban J connectivity index is 2.75.